The number of imidazole rings is 1. The summed E-state index contributed by atoms with van der Waals surface area (Å²) in [7, 11) is 0. The van der Waals surface area contributed by atoms with Crippen LogP contribution < -0.4 is 0 Å². The number of aromatic nitrogens is 3. The second kappa shape index (κ2) is 2.94. The van der Waals surface area contributed by atoms with Crippen LogP contribution in [0.2, 0.25) is 0 Å². The minimum Gasteiger partial charge on any atom is -0.291 e. The fraction of sp³-hybridized carbons (Fsp3) is 0.273. The van der Waals surface area contributed by atoms with E-state index >= 15 is 0 Å². The second-order valence-electron chi connectivity index (χ2n) is 3.60. The molecule has 0 spiro atoms. The Morgan fingerprint density at radius 2 is 2.21 bits per heavy atom. The largest absolute Gasteiger partial charge is 0.291 e. The van der Waals surface area contributed by atoms with Crippen LogP contribution in [0.25, 0.3) is 5.82 Å². The molecule has 2 heterocycles. The summed E-state index contributed by atoms with van der Waals surface area (Å²) in [5.41, 5.74) is 2.67. The van der Waals surface area contributed by atoms with Crippen molar-refractivity contribution in [3.63, 3.8) is 0 Å². The Morgan fingerprint density at radius 3 is 3.07 bits per heavy atom. The Kier molecular flexibility index (Phi) is 1.63. The molecule has 0 aromatic carbocycles. The van der Waals surface area contributed by atoms with E-state index in [1.54, 1.807) is 12.5 Å². The molecule has 3 rings (SSSR count). The Balaban J connectivity index is 2.09. The van der Waals surface area contributed by atoms with Gasteiger partial charge in [-0.05, 0) is 30.9 Å². The van der Waals surface area contributed by atoms with Crippen molar-refractivity contribution >= 4 is 0 Å². The summed E-state index contributed by atoms with van der Waals surface area (Å²) in [6, 6.07) is 4.25. The van der Waals surface area contributed by atoms with Gasteiger partial charge in [-0.2, -0.15) is 0 Å². The van der Waals surface area contributed by atoms with Gasteiger partial charge in [0.2, 0.25) is 0 Å². The molecule has 1 aliphatic rings. The fourth-order valence-electron chi connectivity index (χ4n) is 1.95. The zero-order chi connectivity index (χ0) is 9.38. The van der Waals surface area contributed by atoms with Crippen LogP contribution in [0.5, 0.6) is 0 Å². The van der Waals surface area contributed by atoms with Crippen LogP contribution in [0.3, 0.4) is 0 Å². The zero-order valence-corrected chi connectivity index (χ0v) is 7.85. The molecule has 3 nitrogen and oxygen atoms in total. The first-order valence-electron chi connectivity index (χ1n) is 4.90. The summed E-state index contributed by atoms with van der Waals surface area (Å²) in [6.07, 6.45) is 9.03. The molecule has 1 aliphatic carbocycles. The molecule has 3 heteroatoms. The van der Waals surface area contributed by atoms with Crippen molar-refractivity contribution in [1.82, 2.24) is 14.5 Å². The number of hydrogen-bond donors (Lipinski definition) is 0. The monoisotopic (exact) mass is 185 g/mol. The van der Waals surface area contributed by atoms with Crippen LogP contribution >= 0.6 is 0 Å². The maximum Gasteiger partial charge on any atom is 0.138 e. The molecule has 0 fully saturated rings. The van der Waals surface area contributed by atoms with Gasteiger partial charge in [0, 0.05) is 18.1 Å². The third kappa shape index (κ3) is 1.13. The maximum atomic E-state index is 4.62. The molecular weight excluding hydrogens is 174 g/mol. The van der Waals surface area contributed by atoms with Crippen LogP contribution in [-0.4, -0.2) is 14.5 Å². The number of rotatable bonds is 1. The Hall–Kier alpha value is -1.64. The highest BCUT2D eigenvalue weighted by Crippen LogP contribution is 2.20. The smallest absolute Gasteiger partial charge is 0.138 e. The van der Waals surface area contributed by atoms with E-state index in [0.29, 0.717) is 0 Å². The normalized spacial score (nSPS) is 14.3. The molecule has 0 bridgehead atoms. The summed E-state index contributed by atoms with van der Waals surface area (Å²) >= 11 is 0. The SMILES string of the molecule is c1cn(-c2ccc3c(n2)CCC3)cn1. The molecule has 14 heavy (non-hydrogen) atoms. The van der Waals surface area contributed by atoms with Gasteiger partial charge in [0.05, 0.1) is 0 Å². The summed E-state index contributed by atoms with van der Waals surface area (Å²) in [6.45, 7) is 0. The number of fused-ring (bicyclic) bond motifs is 1. The summed E-state index contributed by atoms with van der Waals surface area (Å²) in [5, 5.41) is 0. The van der Waals surface area contributed by atoms with Crippen molar-refractivity contribution in [2.24, 2.45) is 0 Å². The first kappa shape index (κ1) is 7.74. The second-order valence-corrected chi connectivity index (χ2v) is 3.60. The minimum atomic E-state index is 0.975. The molecule has 0 aliphatic heterocycles. The van der Waals surface area contributed by atoms with E-state index in [1.807, 2.05) is 10.8 Å². The van der Waals surface area contributed by atoms with Crippen molar-refractivity contribution in [2.45, 2.75) is 19.3 Å². The van der Waals surface area contributed by atoms with Gasteiger partial charge in [0.25, 0.3) is 0 Å². The first-order chi connectivity index (χ1) is 6.93. The lowest BCUT2D eigenvalue weighted by atomic mass is 10.2. The van der Waals surface area contributed by atoms with E-state index in [0.717, 1.165) is 12.2 Å². The highest BCUT2D eigenvalue weighted by Gasteiger charge is 2.12. The van der Waals surface area contributed by atoms with Gasteiger partial charge in [-0.1, -0.05) is 6.07 Å². The molecule has 0 N–H and O–H groups in total. The molecule has 0 amide bonds. The topological polar surface area (TPSA) is 30.7 Å². The van der Waals surface area contributed by atoms with Crippen LogP contribution in [-0.2, 0) is 12.8 Å². The van der Waals surface area contributed by atoms with Gasteiger partial charge in [-0.15, -0.1) is 0 Å². The minimum absolute atomic E-state index is 0.975. The molecular formula is C11H11N3. The van der Waals surface area contributed by atoms with Crippen molar-refractivity contribution in [3.05, 3.63) is 42.1 Å². The van der Waals surface area contributed by atoms with Crippen LogP contribution in [0.4, 0.5) is 0 Å². The molecule has 70 valence electrons. The van der Waals surface area contributed by atoms with Crippen LogP contribution in [0.1, 0.15) is 17.7 Å². The Bertz CT molecular complexity index is 446. The standard InChI is InChI=1S/C11H11N3/c1-2-9-4-5-11(13-10(9)3-1)14-7-6-12-8-14/h4-8H,1-3H2. The summed E-state index contributed by atoms with van der Waals surface area (Å²) < 4.78 is 1.94. The zero-order valence-electron chi connectivity index (χ0n) is 7.85. The highest BCUT2D eigenvalue weighted by atomic mass is 15.1. The quantitative estimate of drug-likeness (QED) is 0.677. The van der Waals surface area contributed by atoms with E-state index in [2.05, 4.69) is 22.1 Å². The fourth-order valence-corrected chi connectivity index (χ4v) is 1.95. The van der Waals surface area contributed by atoms with Gasteiger partial charge in [-0.3, -0.25) is 4.57 Å². The molecule has 0 saturated carbocycles. The number of hydrogen-bond acceptors (Lipinski definition) is 2. The van der Waals surface area contributed by atoms with Gasteiger partial charge in [0.1, 0.15) is 12.1 Å². The third-order valence-corrected chi connectivity index (χ3v) is 2.68. The van der Waals surface area contributed by atoms with Crippen molar-refractivity contribution in [1.29, 1.82) is 0 Å². The lowest BCUT2D eigenvalue weighted by Gasteiger charge is -2.03. The Labute approximate surface area is 82.4 Å². The molecule has 0 unspecified atom stereocenters. The number of aryl methyl sites for hydroxylation is 2. The number of pyridine rings is 1. The van der Waals surface area contributed by atoms with Crippen molar-refractivity contribution in [2.75, 3.05) is 0 Å². The first-order valence-corrected chi connectivity index (χ1v) is 4.90. The van der Waals surface area contributed by atoms with Gasteiger partial charge < -0.3 is 0 Å². The molecule has 2 aromatic rings. The van der Waals surface area contributed by atoms with E-state index in [4.69, 9.17) is 0 Å². The van der Waals surface area contributed by atoms with E-state index in [-0.39, 0.29) is 0 Å². The summed E-state index contributed by atoms with van der Waals surface area (Å²) in [5.74, 6) is 0.975. The molecule has 2 aromatic heterocycles. The van der Waals surface area contributed by atoms with E-state index in [1.165, 1.54) is 24.1 Å². The van der Waals surface area contributed by atoms with Crippen LogP contribution in [0.15, 0.2) is 30.9 Å². The number of nitrogens with zero attached hydrogens (tertiary/aromatic N) is 3. The molecule has 0 saturated heterocycles. The van der Waals surface area contributed by atoms with Crippen molar-refractivity contribution in [3.8, 4) is 5.82 Å². The average molecular weight is 185 g/mol. The average Bonchev–Trinajstić information content (AvgIpc) is 2.88. The van der Waals surface area contributed by atoms with Gasteiger partial charge in [0.15, 0.2) is 0 Å². The van der Waals surface area contributed by atoms with Gasteiger partial charge in [-0.25, -0.2) is 9.97 Å². The lowest BCUT2D eigenvalue weighted by molar-refractivity contribution is 0.891. The van der Waals surface area contributed by atoms with Crippen LogP contribution in [0, 0.1) is 0 Å². The van der Waals surface area contributed by atoms with E-state index in [9.17, 15) is 0 Å². The lowest BCUT2D eigenvalue weighted by Crippen LogP contribution is -1.97. The molecule has 0 atom stereocenters. The maximum absolute atomic E-state index is 4.62. The highest BCUT2D eigenvalue weighted by molar-refractivity contribution is 5.33. The Morgan fingerprint density at radius 1 is 1.21 bits per heavy atom. The van der Waals surface area contributed by atoms with Crippen molar-refractivity contribution < 1.29 is 0 Å². The predicted octanol–water partition coefficient (Wildman–Crippen LogP) is 1.76. The third-order valence-electron chi connectivity index (χ3n) is 2.68. The van der Waals surface area contributed by atoms with E-state index < -0.39 is 0 Å². The summed E-state index contributed by atoms with van der Waals surface area (Å²) in [4.78, 5) is 8.63. The van der Waals surface area contributed by atoms with Gasteiger partial charge >= 0.3 is 0 Å². The predicted molar refractivity (Wildman–Crippen MR) is 53.4 cm³/mol. The molecule has 0 radical (unpaired) electrons.